The number of rotatable bonds is 6. The van der Waals surface area contributed by atoms with E-state index in [9.17, 15) is 4.79 Å². The van der Waals surface area contributed by atoms with Crippen molar-refractivity contribution in [3.8, 4) is 5.75 Å². The molecule has 3 heterocycles. The molecule has 0 unspecified atom stereocenters. The van der Waals surface area contributed by atoms with Gasteiger partial charge in [-0.25, -0.2) is 9.97 Å². The second kappa shape index (κ2) is 9.73. The number of aromatic nitrogens is 2. The Morgan fingerprint density at radius 1 is 1.09 bits per heavy atom. The second-order valence-electron chi connectivity index (χ2n) is 8.17. The lowest BCUT2D eigenvalue weighted by molar-refractivity contribution is 0.0710. The molecule has 0 bridgehead atoms. The first-order valence-electron chi connectivity index (χ1n) is 10.8. The van der Waals surface area contributed by atoms with Crippen molar-refractivity contribution in [3.05, 3.63) is 70.0 Å². The molecule has 8 heteroatoms. The molecule has 0 aliphatic carbocycles. The number of anilines is 1. The molecule has 168 valence electrons. The lowest BCUT2D eigenvalue weighted by Gasteiger charge is -2.35. The molecule has 0 saturated carbocycles. The van der Waals surface area contributed by atoms with Gasteiger partial charge in [0.05, 0.1) is 0 Å². The maximum Gasteiger partial charge on any atom is 0.289 e. The van der Waals surface area contributed by atoms with Crippen LogP contribution in [0.1, 0.15) is 47.6 Å². The molecule has 1 amide bonds. The van der Waals surface area contributed by atoms with Crippen molar-refractivity contribution in [2.45, 2.75) is 33.3 Å². The number of carbonyl (C=O) groups is 1. The number of amides is 1. The Morgan fingerprint density at radius 3 is 2.50 bits per heavy atom. The van der Waals surface area contributed by atoms with E-state index in [0.29, 0.717) is 24.6 Å². The number of nitrogens with zero attached hydrogens (tertiary/aromatic N) is 4. The predicted molar refractivity (Wildman–Crippen MR) is 126 cm³/mol. The first-order chi connectivity index (χ1) is 15.4. The van der Waals surface area contributed by atoms with Gasteiger partial charge in [0.15, 0.2) is 5.76 Å². The Morgan fingerprint density at radius 2 is 1.81 bits per heavy atom. The third kappa shape index (κ3) is 5.30. The highest BCUT2D eigenvalue weighted by Crippen LogP contribution is 2.21. The number of hydrogen-bond donors (Lipinski definition) is 0. The smallest absolute Gasteiger partial charge is 0.289 e. The van der Waals surface area contributed by atoms with Crippen molar-refractivity contribution in [3.63, 3.8) is 0 Å². The molecule has 32 heavy (non-hydrogen) atoms. The summed E-state index contributed by atoms with van der Waals surface area (Å²) in [5.74, 6) is 3.67. The molecule has 1 aliphatic rings. The van der Waals surface area contributed by atoms with Gasteiger partial charge in [0, 0.05) is 48.3 Å². The van der Waals surface area contributed by atoms with E-state index >= 15 is 0 Å². The summed E-state index contributed by atoms with van der Waals surface area (Å²) in [5.41, 5.74) is 0.964. The van der Waals surface area contributed by atoms with Gasteiger partial charge in [-0.3, -0.25) is 4.79 Å². The van der Waals surface area contributed by atoms with Crippen molar-refractivity contribution in [1.82, 2.24) is 14.9 Å². The van der Waals surface area contributed by atoms with Crippen LogP contribution in [0.3, 0.4) is 0 Å². The summed E-state index contributed by atoms with van der Waals surface area (Å²) in [4.78, 5) is 26.2. The Labute approximate surface area is 196 Å². The molecule has 1 aliphatic heterocycles. The molecule has 0 atom stereocenters. The molecule has 0 N–H and O–H groups in total. The number of furan rings is 1. The van der Waals surface area contributed by atoms with Gasteiger partial charge >= 0.3 is 0 Å². The van der Waals surface area contributed by atoms with E-state index in [-0.39, 0.29) is 18.4 Å². The summed E-state index contributed by atoms with van der Waals surface area (Å²) in [5, 5.41) is 0. The zero-order valence-electron chi connectivity index (χ0n) is 18.5. The summed E-state index contributed by atoms with van der Waals surface area (Å²) in [7, 11) is 0. The number of halogens is 1. The van der Waals surface area contributed by atoms with E-state index in [1.165, 1.54) is 0 Å². The molecule has 0 radical (unpaired) electrons. The van der Waals surface area contributed by atoms with Crippen LogP contribution in [-0.2, 0) is 6.61 Å². The lowest BCUT2D eigenvalue weighted by atomic mass is 10.2. The van der Waals surface area contributed by atoms with Crippen molar-refractivity contribution in [1.29, 1.82) is 0 Å². The largest absolute Gasteiger partial charge is 0.486 e. The standard InChI is InChI=1S/C24H27BrN4O3/c1-16(2)23-26-17(3)14-22(27-23)28-10-12-29(13-11-28)24(30)21-9-8-20(32-21)15-31-19-6-4-18(25)5-7-19/h4-9,14,16H,10-13,15H2,1-3H3. The van der Waals surface area contributed by atoms with Crippen molar-refractivity contribution >= 4 is 27.7 Å². The van der Waals surface area contributed by atoms with E-state index in [0.717, 1.165) is 40.6 Å². The van der Waals surface area contributed by atoms with Crippen LogP contribution >= 0.6 is 15.9 Å². The zero-order chi connectivity index (χ0) is 22.7. The third-order valence-corrected chi connectivity index (χ3v) is 5.86. The lowest BCUT2D eigenvalue weighted by Crippen LogP contribution is -2.49. The van der Waals surface area contributed by atoms with Crippen LogP contribution in [0.2, 0.25) is 0 Å². The second-order valence-corrected chi connectivity index (χ2v) is 9.08. The minimum absolute atomic E-state index is 0.0960. The van der Waals surface area contributed by atoms with Crippen LogP contribution in [0.4, 0.5) is 5.82 Å². The first kappa shape index (κ1) is 22.3. The summed E-state index contributed by atoms with van der Waals surface area (Å²) in [6.07, 6.45) is 0. The van der Waals surface area contributed by atoms with Crippen LogP contribution in [-0.4, -0.2) is 47.0 Å². The number of aryl methyl sites for hydroxylation is 1. The zero-order valence-corrected chi connectivity index (χ0v) is 20.1. The fourth-order valence-corrected chi connectivity index (χ4v) is 3.81. The fraction of sp³-hybridized carbons (Fsp3) is 0.375. The first-order valence-corrected chi connectivity index (χ1v) is 11.6. The van der Waals surface area contributed by atoms with Gasteiger partial charge in [0.25, 0.3) is 5.91 Å². The Balaban J connectivity index is 1.33. The number of carbonyl (C=O) groups excluding carboxylic acids is 1. The number of ether oxygens (including phenoxy) is 1. The highest BCUT2D eigenvalue weighted by molar-refractivity contribution is 9.10. The van der Waals surface area contributed by atoms with Crippen LogP contribution < -0.4 is 9.64 Å². The highest BCUT2D eigenvalue weighted by Gasteiger charge is 2.25. The monoisotopic (exact) mass is 498 g/mol. The molecule has 1 fully saturated rings. The molecule has 1 aromatic carbocycles. The number of hydrogen-bond acceptors (Lipinski definition) is 6. The van der Waals surface area contributed by atoms with Gasteiger partial charge in [-0.15, -0.1) is 0 Å². The van der Waals surface area contributed by atoms with Gasteiger partial charge in [0.1, 0.15) is 29.8 Å². The average molecular weight is 499 g/mol. The maximum atomic E-state index is 12.9. The molecular weight excluding hydrogens is 472 g/mol. The molecule has 1 saturated heterocycles. The Bertz CT molecular complexity index is 1070. The SMILES string of the molecule is Cc1cc(N2CCN(C(=O)c3ccc(COc4ccc(Br)cc4)o3)CC2)nc(C(C)C)n1. The predicted octanol–water partition coefficient (Wildman–Crippen LogP) is 4.81. The Hall–Kier alpha value is -2.87. The average Bonchev–Trinajstić information content (AvgIpc) is 3.27. The molecule has 4 rings (SSSR count). The van der Waals surface area contributed by atoms with Gasteiger partial charge < -0.3 is 19.0 Å². The van der Waals surface area contributed by atoms with Crippen molar-refractivity contribution < 1.29 is 13.9 Å². The molecule has 2 aromatic heterocycles. The topological polar surface area (TPSA) is 71.7 Å². The Kier molecular flexibility index (Phi) is 6.79. The number of piperazine rings is 1. The summed E-state index contributed by atoms with van der Waals surface area (Å²) < 4.78 is 12.5. The molecule has 7 nitrogen and oxygen atoms in total. The summed E-state index contributed by atoms with van der Waals surface area (Å²) in [6, 6.07) is 13.1. The van der Waals surface area contributed by atoms with E-state index in [1.807, 2.05) is 42.2 Å². The molecule has 3 aromatic rings. The van der Waals surface area contributed by atoms with Gasteiger partial charge in [-0.2, -0.15) is 0 Å². The van der Waals surface area contributed by atoms with E-state index in [2.05, 4.69) is 39.7 Å². The number of benzene rings is 1. The maximum absolute atomic E-state index is 12.9. The quantitative estimate of drug-likeness (QED) is 0.485. The van der Waals surface area contributed by atoms with Crippen molar-refractivity contribution in [2.75, 3.05) is 31.1 Å². The molecule has 0 spiro atoms. The normalized spacial score (nSPS) is 14.2. The minimum atomic E-state index is -0.0960. The molecular formula is C24H27BrN4O3. The van der Waals surface area contributed by atoms with E-state index in [1.54, 1.807) is 12.1 Å². The van der Waals surface area contributed by atoms with Gasteiger partial charge in [0.2, 0.25) is 0 Å². The summed E-state index contributed by atoms with van der Waals surface area (Å²) in [6.45, 7) is 9.13. The van der Waals surface area contributed by atoms with E-state index in [4.69, 9.17) is 14.1 Å². The van der Waals surface area contributed by atoms with Gasteiger partial charge in [-0.1, -0.05) is 29.8 Å². The fourth-order valence-electron chi connectivity index (χ4n) is 3.54. The van der Waals surface area contributed by atoms with Crippen molar-refractivity contribution in [2.24, 2.45) is 0 Å². The van der Waals surface area contributed by atoms with Crippen LogP contribution in [0, 0.1) is 6.92 Å². The highest BCUT2D eigenvalue weighted by atomic mass is 79.9. The van der Waals surface area contributed by atoms with Crippen LogP contribution in [0.25, 0.3) is 0 Å². The third-order valence-electron chi connectivity index (χ3n) is 5.33. The minimum Gasteiger partial charge on any atom is -0.486 e. The van der Waals surface area contributed by atoms with Crippen LogP contribution in [0.5, 0.6) is 5.75 Å². The van der Waals surface area contributed by atoms with Gasteiger partial charge in [-0.05, 0) is 43.3 Å². The summed E-state index contributed by atoms with van der Waals surface area (Å²) >= 11 is 3.40. The van der Waals surface area contributed by atoms with Crippen LogP contribution in [0.15, 0.2) is 51.4 Å². The van der Waals surface area contributed by atoms with E-state index < -0.39 is 0 Å².